The van der Waals surface area contributed by atoms with Crippen LogP contribution in [0.4, 0.5) is 0 Å². The van der Waals surface area contributed by atoms with Crippen molar-refractivity contribution in [1.29, 1.82) is 0 Å². The van der Waals surface area contributed by atoms with Crippen molar-refractivity contribution >= 4 is 35.5 Å². The van der Waals surface area contributed by atoms with Crippen molar-refractivity contribution in [3.05, 3.63) is 0 Å². The van der Waals surface area contributed by atoms with Gasteiger partial charge in [0.2, 0.25) is 17.7 Å². The first kappa shape index (κ1) is 70.8. The van der Waals surface area contributed by atoms with Gasteiger partial charge in [-0.05, 0) is 25.7 Å². The summed E-state index contributed by atoms with van der Waals surface area (Å²) in [7, 11) is 0. The number of ether oxygens (including phenoxy) is 8. The molecule has 0 saturated carbocycles. The largest absolute Gasteiger partial charge is 0.394 e. The predicted molar refractivity (Wildman–Crippen MR) is 267 cm³/mol. The monoisotopic (exact) mass is 1220 g/mol. The molecule has 22 atom stereocenters. The molecule has 36 nitrogen and oxygen atoms in total. The molecule has 5 aliphatic rings. The number of aliphatic hydroxyl groups is 16. The average molecular weight is 1220 g/mol. The van der Waals surface area contributed by atoms with Gasteiger partial charge < -0.3 is 140 Å². The summed E-state index contributed by atoms with van der Waals surface area (Å²) in [6.45, 7) is -7.51. The highest BCUT2D eigenvalue weighted by Gasteiger charge is 2.48. The standard InChI is InChI=1S/C48H81N5O31/c54-15-23-33(64)37(68)41(72)45(80-23)76-10-7-21(19-78-47-43(74)39(70)35(66)25(17-56)82-47)50-28(59)13-52(12-27(58)49-9-3-1-2-4-32(63)84-53-30(61)5-6-31(53)62)14-29(60)51-22(20-79-48-44(75)40(71)36(67)26(18-57)83-48)8-11-77-46-42(73)38(69)34(65)24(16-55)81-46/h21-26,33-48,54-57,64-75H,1-20H2,(H,49,58)(H,50,59)(H,51,60)/t21-,22?,23-,24-,25+,26-,33-,34-,35+,36-,37+,38+,39-,40+,41+,42+,43-,44+,45+,46+,47-,48+/m1/s1. The number of carbonyl (C=O) groups excluding carboxylic acids is 6. The molecule has 5 heterocycles. The van der Waals surface area contributed by atoms with Gasteiger partial charge >= 0.3 is 5.97 Å². The van der Waals surface area contributed by atoms with Crippen molar-refractivity contribution < 1.29 is 153 Å². The van der Waals surface area contributed by atoms with Gasteiger partial charge in [-0.1, -0.05) is 6.42 Å². The molecule has 0 aromatic carbocycles. The Balaban J connectivity index is 1.30. The van der Waals surface area contributed by atoms with E-state index in [-0.39, 0.29) is 51.5 Å². The van der Waals surface area contributed by atoms with E-state index in [1.807, 2.05) is 0 Å². The van der Waals surface area contributed by atoms with Crippen LogP contribution in [0, 0.1) is 0 Å². The second-order valence-corrected chi connectivity index (χ2v) is 20.7. The van der Waals surface area contributed by atoms with Crippen LogP contribution in [0.3, 0.4) is 0 Å². The summed E-state index contributed by atoms with van der Waals surface area (Å²) in [5.41, 5.74) is 0. The maximum absolute atomic E-state index is 14.0. The lowest BCUT2D eigenvalue weighted by atomic mass is 9.99. The van der Waals surface area contributed by atoms with Crippen LogP contribution in [0.25, 0.3) is 0 Å². The topological polar surface area (TPSA) is 552 Å². The zero-order valence-corrected chi connectivity index (χ0v) is 45.5. The highest BCUT2D eigenvalue weighted by atomic mass is 16.7. The molecule has 5 saturated heterocycles. The van der Waals surface area contributed by atoms with Crippen molar-refractivity contribution in [3.63, 3.8) is 0 Å². The van der Waals surface area contributed by atoms with Gasteiger partial charge in [-0.15, -0.1) is 5.06 Å². The molecular formula is C48H81N5O31. The van der Waals surface area contributed by atoms with Crippen molar-refractivity contribution in [2.75, 3.05) is 79.0 Å². The Morgan fingerprint density at radius 3 is 1.18 bits per heavy atom. The van der Waals surface area contributed by atoms with Crippen LogP contribution in [-0.2, 0) is 71.5 Å². The minimum absolute atomic E-state index is 0.000825. The fourth-order valence-corrected chi connectivity index (χ4v) is 9.27. The number of imide groups is 1. The molecule has 5 amide bonds. The number of amides is 5. The molecule has 0 bridgehead atoms. The number of rotatable bonds is 33. The number of hydrogen-bond donors (Lipinski definition) is 19. The fraction of sp³-hybridized carbons (Fsp3) is 0.875. The van der Waals surface area contributed by atoms with E-state index in [4.69, 9.17) is 42.7 Å². The van der Waals surface area contributed by atoms with Gasteiger partial charge in [0.15, 0.2) is 25.2 Å². The van der Waals surface area contributed by atoms with Crippen molar-refractivity contribution in [1.82, 2.24) is 25.9 Å². The Labute approximate surface area is 479 Å². The number of nitrogens with one attached hydrogen (secondary N) is 3. The van der Waals surface area contributed by atoms with Crippen LogP contribution in [0.15, 0.2) is 0 Å². The summed E-state index contributed by atoms with van der Waals surface area (Å²) in [6.07, 6.45) is -34.0. The van der Waals surface area contributed by atoms with Gasteiger partial charge in [0.25, 0.3) is 11.8 Å². The zero-order chi connectivity index (χ0) is 61.9. The van der Waals surface area contributed by atoms with Gasteiger partial charge in [-0.3, -0.25) is 28.9 Å². The Hall–Kier alpha value is -3.98. The molecule has 19 N–H and O–H groups in total. The van der Waals surface area contributed by atoms with E-state index in [1.165, 1.54) is 0 Å². The molecule has 5 fully saturated rings. The first-order chi connectivity index (χ1) is 39.9. The second kappa shape index (κ2) is 34.5. The number of unbranched alkanes of at least 4 members (excludes halogenated alkanes) is 2. The van der Waals surface area contributed by atoms with E-state index in [2.05, 4.69) is 16.0 Å². The number of nitrogens with zero attached hydrogens (tertiary/aromatic N) is 2. The van der Waals surface area contributed by atoms with Crippen molar-refractivity contribution in [3.8, 4) is 0 Å². The van der Waals surface area contributed by atoms with Gasteiger partial charge in [-0.2, -0.15) is 0 Å². The summed E-state index contributed by atoms with van der Waals surface area (Å²) in [4.78, 5) is 83.3. The van der Waals surface area contributed by atoms with Gasteiger partial charge in [-0.25, -0.2) is 4.79 Å². The maximum Gasteiger partial charge on any atom is 0.333 e. The summed E-state index contributed by atoms with van der Waals surface area (Å²) >= 11 is 0. The summed E-state index contributed by atoms with van der Waals surface area (Å²) in [5.74, 6) is -4.73. The summed E-state index contributed by atoms with van der Waals surface area (Å²) in [5, 5.41) is 172. The second-order valence-electron chi connectivity index (χ2n) is 20.7. The lowest BCUT2D eigenvalue weighted by molar-refractivity contribution is -0.305. The lowest BCUT2D eigenvalue weighted by Crippen LogP contribution is -2.60. The number of hydroxylamine groups is 2. The summed E-state index contributed by atoms with van der Waals surface area (Å²) < 4.78 is 44.2. The van der Waals surface area contributed by atoms with Crippen LogP contribution < -0.4 is 16.0 Å². The molecule has 84 heavy (non-hydrogen) atoms. The maximum atomic E-state index is 14.0. The molecule has 5 aliphatic heterocycles. The first-order valence-corrected chi connectivity index (χ1v) is 27.3. The van der Waals surface area contributed by atoms with Gasteiger partial charge in [0.05, 0.1) is 84.6 Å². The van der Waals surface area contributed by atoms with Crippen molar-refractivity contribution in [2.45, 2.75) is 186 Å². The Kier molecular flexibility index (Phi) is 29.1. The fourth-order valence-electron chi connectivity index (χ4n) is 9.27. The van der Waals surface area contributed by atoms with Crippen LogP contribution in [-0.4, -0.2) is 341 Å². The third kappa shape index (κ3) is 20.0. The minimum atomic E-state index is -1.89. The summed E-state index contributed by atoms with van der Waals surface area (Å²) in [6, 6.07) is -2.42. The number of aliphatic hydroxyl groups excluding tert-OH is 16. The smallest absolute Gasteiger partial charge is 0.333 e. The number of hydrogen-bond acceptors (Lipinski definition) is 32. The highest BCUT2D eigenvalue weighted by molar-refractivity contribution is 6.01. The first-order valence-electron chi connectivity index (χ1n) is 27.3. The van der Waals surface area contributed by atoms with Gasteiger partial charge in [0, 0.05) is 25.8 Å². The van der Waals surface area contributed by atoms with Crippen LogP contribution in [0.1, 0.15) is 51.4 Å². The minimum Gasteiger partial charge on any atom is -0.394 e. The highest BCUT2D eigenvalue weighted by Crippen LogP contribution is 2.27. The molecule has 0 spiro atoms. The van der Waals surface area contributed by atoms with E-state index in [0.717, 1.165) is 4.90 Å². The SMILES string of the molecule is O=C(CN(CC(=O)NC(CCO[C@H]1O[C@H](CO)[C@@H](O)[C@H](O)[C@@H]1O)CO[C@H]1O[C@H](CO)[C@@H](O)[C@H](O)[C@@H]1O)CC(=O)N[C@H](CCO[C@H]1O[C@H](CO)[C@@H](O)[C@H](O)[C@@H]1O)CO[C@@H]1O[C@@H](CO)[C@H](O)[C@@H](O)[C@H]1O)NCCCCCC(=O)ON1C(=O)CCC1=O. The number of carbonyl (C=O) groups is 6. The Morgan fingerprint density at radius 2 is 0.821 bits per heavy atom. The molecule has 0 aromatic rings. The van der Waals surface area contributed by atoms with E-state index < -0.39 is 243 Å². The molecular weight excluding hydrogens is 1140 g/mol. The molecule has 1 unspecified atom stereocenters. The Morgan fingerprint density at radius 1 is 0.476 bits per heavy atom. The van der Waals surface area contributed by atoms with Crippen molar-refractivity contribution in [2.24, 2.45) is 0 Å². The van der Waals surface area contributed by atoms with E-state index >= 15 is 0 Å². The molecule has 0 radical (unpaired) electrons. The zero-order valence-electron chi connectivity index (χ0n) is 45.5. The van der Waals surface area contributed by atoms with E-state index in [0.29, 0.717) is 11.5 Å². The molecule has 36 heteroatoms. The van der Waals surface area contributed by atoms with E-state index in [9.17, 15) is 110 Å². The normalized spacial score (nSPS) is 35.4. The molecule has 0 aromatic heterocycles. The van der Waals surface area contributed by atoms with Gasteiger partial charge in [0.1, 0.15) is 97.7 Å². The molecule has 5 rings (SSSR count). The van der Waals surface area contributed by atoms with Crippen LogP contribution >= 0.6 is 0 Å². The lowest BCUT2D eigenvalue weighted by Gasteiger charge is -2.40. The third-order valence-electron chi connectivity index (χ3n) is 14.2. The molecule has 484 valence electrons. The van der Waals surface area contributed by atoms with Crippen LogP contribution in [0.5, 0.6) is 0 Å². The van der Waals surface area contributed by atoms with E-state index in [1.54, 1.807) is 0 Å². The Bertz CT molecular complexity index is 1950. The van der Waals surface area contributed by atoms with Crippen LogP contribution in [0.2, 0.25) is 0 Å². The average Bonchev–Trinajstić information content (AvgIpc) is 3.94. The predicted octanol–water partition coefficient (Wildman–Crippen LogP) is -12.4. The molecule has 0 aliphatic carbocycles. The quantitative estimate of drug-likeness (QED) is 0.0214. The third-order valence-corrected chi connectivity index (χ3v) is 14.2.